The zero-order valence-corrected chi connectivity index (χ0v) is 22.4. The molecule has 0 spiro atoms. The Morgan fingerprint density at radius 3 is 2.02 bits per heavy atom. The van der Waals surface area contributed by atoms with Gasteiger partial charge in [0.2, 0.25) is 6.10 Å². The number of carbonyl (C=O) groups is 1. The quantitative estimate of drug-likeness (QED) is 0.309. The average molecular weight is 654 g/mol. The molecule has 1 saturated carbocycles. The van der Waals surface area contributed by atoms with Crippen LogP contribution < -0.4 is 5.32 Å². The fourth-order valence-corrected chi connectivity index (χ4v) is 8.63. The number of hydrogen-bond acceptors (Lipinski definition) is 4. The van der Waals surface area contributed by atoms with Crippen molar-refractivity contribution in [3.8, 4) is 0 Å². The van der Waals surface area contributed by atoms with Gasteiger partial charge in [0.15, 0.2) is 9.84 Å². The Hall–Kier alpha value is -2.95. The summed E-state index contributed by atoms with van der Waals surface area (Å²) in [6.07, 6.45) is -23.3. The molecule has 2 aliphatic carbocycles. The van der Waals surface area contributed by atoms with Crippen LogP contribution in [0.25, 0.3) is 0 Å². The first-order valence-electron chi connectivity index (χ1n) is 12.6. The molecule has 5 nitrogen and oxygen atoms in total. The summed E-state index contributed by atoms with van der Waals surface area (Å²) >= 11 is 0. The van der Waals surface area contributed by atoms with E-state index in [1.54, 1.807) is 0 Å². The molecule has 2 aromatic rings. The van der Waals surface area contributed by atoms with Gasteiger partial charge < -0.3 is 10.4 Å². The number of sulfone groups is 1. The van der Waals surface area contributed by atoms with Crippen LogP contribution in [-0.4, -0.2) is 50.1 Å². The highest BCUT2D eigenvalue weighted by Gasteiger charge is 2.73. The van der Waals surface area contributed by atoms with Gasteiger partial charge in [-0.3, -0.25) is 4.79 Å². The minimum absolute atomic E-state index is 0.132. The first-order valence-corrected chi connectivity index (χ1v) is 14.1. The molecule has 2 aromatic carbocycles. The molecule has 0 bridgehead atoms. The Labute approximate surface area is 237 Å². The monoisotopic (exact) mass is 653 g/mol. The summed E-state index contributed by atoms with van der Waals surface area (Å²) in [5.74, 6) is -4.06. The number of rotatable bonds is 5. The second-order valence-electron chi connectivity index (χ2n) is 10.5. The number of carbonyl (C=O) groups excluding carboxylic acids is 1. The minimum atomic E-state index is -6.45. The van der Waals surface area contributed by atoms with Gasteiger partial charge >= 0.3 is 24.2 Å². The Morgan fingerprint density at radius 1 is 0.907 bits per heavy atom. The van der Waals surface area contributed by atoms with Crippen molar-refractivity contribution in [3.05, 3.63) is 65.0 Å². The molecular weight excluding hydrogens is 631 g/mol. The molecule has 1 amide bonds. The number of aliphatic hydroxyl groups is 1. The highest BCUT2D eigenvalue weighted by Crippen LogP contribution is 2.58. The lowest BCUT2D eigenvalue weighted by Crippen LogP contribution is -2.51. The molecule has 0 saturated heterocycles. The van der Waals surface area contributed by atoms with E-state index in [9.17, 15) is 66.6 Å². The first kappa shape index (κ1) is 33.0. The largest absolute Gasteiger partial charge is 0.435 e. The number of amides is 1. The molecule has 0 radical (unpaired) electrons. The summed E-state index contributed by atoms with van der Waals surface area (Å²) in [7, 11) is -4.78. The van der Waals surface area contributed by atoms with Gasteiger partial charge in [-0.15, -0.1) is 0 Å². The van der Waals surface area contributed by atoms with Crippen molar-refractivity contribution in [2.24, 2.45) is 5.92 Å². The number of aryl methyl sites for hydroxylation is 1. The number of nitrogens with one attached hydrogen (secondary N) is 1. The fourth-order valence-electron chi connectivity index (χ4n) is 6.16. The van der Waals surface area contributed by atoms with Gasteiger partial charge in [0.05, 0.1) is 4.90 Å². The number of fused-ring (bicyclic) bond motifs is 3. The van der Waals surface area contributed by atoms with Crippen molar-refractivity contribution in [2.45, 2.75) is 78.1 Å². The summed E-state index contributed by atoms with van der Waals surface area (Å²) in [5, 5.41) is 11.4. The molecule has 43 heavy (non-hydrogen) atoms. The first-order chi connectivity index (χ1) is 19.6. The number of hydrogen-bond donors (Lipinski definition) is 2. The molecule has 0 heterocycles. The average Bonchev–Trinajstić information content (AvgIpc) is 3.15. The van der Waals surface area contributed by atoms with Crippen molar-refractivity contribution < 1.29 is 66.6 Å². The normalized spacial score (nSPS) is 24.1. The van der Waals surface area contributed by atoms with Crippen LogP contribution in [-0.2, 0) is 31.5 Å². The van der Waals surface area contributed by atoms with E-state index in [1.807, 2.05) is 5.32 Å². The minimum Gasteiger partial charge on any atom is -0.376 e. The second kappa shape index (κ2) is 10.6. The Balaban J connectivity index is 1.93. The Morgan fingerprint density at radius 2 is 1.49 bits per heavy atom. The summed E-state index contributed by atoms with van der Waals surface area (Å²) in [6, 6.07) is 2.96. The maximum absolute atomic E-state index is 14.9. The fraction of sp³-hybridized carbons (Fsp3) is 0.500. The van der Waals surface area contributed by atoms with E-state index in [2.05, 4.69) is 0 Å². The topological polar surface area (TPSA) is 83.5 Å². The molecule has 4 rings (SSSR count). The van der Waals surface area contributed by atoms with E-state index in [0.717, 1.165) is 24.3 Å². The third kappa shape index (κ3) is 5.25. The molecule has 0 aliphatic heterocycles. The van der Waals surface area contributed by atoms with Crippen LogP contribution >= 0.6 is 0 Å². The maximum Gasteiger partial charge on any atom is 0.435 e. The molecule has 4 atom stereocenters. The van der Waals surface area contributed by atoms with Crippen LogP contribution in [0.15, 0.2) is 47.4 Å². The molecule has 17 heteroatoms. The van der Waals surface area contributed by atoms with Gasteiger partial charge in [-0.05, 0) is 67.5 Å². The van der Waals surface area contributed by atoms with Gasteiger partial charge in [-0.2, -0.15) is 39.5 Å². The lowest BCUT2D eigenvalue weighted by molar-refractivity contribution is -0.348. The lowest BCUT2D eigenvalue weighted by atomic mass is 9.82. The van der Waals surface area contributed by atoms with Crippen LogP contribution in [0, 0.1) is 11.7 Å². The van der Waals surface area contributed by atoms with E-state index in [-0.39, 0.29) is 48.9 Å². The number of aliphatic hydroxyl groups excluding tert-OH is 1. The van der Waals surface area contributed by atoms with Crippen LogP contribution in [0.3, 0.4) is 0 Å². The summed E-state index contributed by atoms with van der Waals surface area (Å²) < 4.78 is 175. The van der Waals surface area contributed by atoms with Crippen molar-refractivity contribution in [1.29, 1.82) is 0 Å². The summed E-state index contributed by atoms with van der Waals surface area (Å²) in [4.78, 5) is 11.7. The van der Waals surface area contributed by atoms with Crippen molar-refractivity contribution >= 4 is 15.7 Å². The number of benzene rings is 2. The van der Waals surface area contributed by atoms with Gasteiger partial charge in [-0.1, -0.05) is 18.2 Å². The SMILES string of the molecule is O=C(N[C@@H]1CC[C@@]2(S(=O)(=O)c3ccc(F)cc3)c3ccc(C(F)(C(F)(F)F)C(F)(F)F)cc3CCC[C@@H]12)[C@H](O)C(F)(F)F. The van der Waals surface area contributed by atoms with Crippen molar-refractivity contribution in [1.82, 2.24) is 5.32 Å². The second-order valence-corrected chi connectivity index (χ2v) is 12.7. The van der Waals surface area contributed by atoms with Gasteiger partial charge in [-0.25, -0.2) is 17.2 Å². The number of halogens is 11. The lowest BCUT2D eigenvalue weighted by Gasteiger charge is -2.38. The van der Waals surface area contributed by atoms with Gasteiger partial charge in [0.1, 0.15) is 10.6 Å². The Kier molecular flexibility index (Phi) is 8.12. The molecule has 0 unspecified atom stereocenters. The van der Waals surface area contributed by atoms with Crippen LogP contribution in [0.4, 0.5) is 48.3 Å². The highest BCUT2D eigenvalue weighted by atomic mass is 32.2. The van der Waals surface area contributed by atoms with Crippen molar-refractivity contribution in [3.63, 3.8) is 0 Å². The van der Waals surface area contributed by atoms with Crippen LogP contribution in [0.5, 0.6) is 0 Å². The van der Waals surface area contributed by atoms with Crippen molar-refractivity contribution in [2.75, 3.05) is 0 Å². The predicted octanol–water partition coefficient (Wildman–Crippen LogP) is 5.94. The molecule has 0 aromatic heterocycles. The molecule has 238 valence electrons. The van der Waals surface area contributed by atoms with Gasteiger partial charge in [0.25, 0.3) is 5.91 Å². The maximum atomic E-state index is 14.9. The zero-order chi connectivity index (χ0) is 32.4. The summed E-state index contributed by atoms with van der Waals surface area (Å²) in [6.45, 7) is 0. The van der Waals surface area contributed by atoms with Gasteiger partial charge in [0, 0.05) is 17.5 Å². The van der Waals surface area contributed by atoms with E-state index >= 15 is 0 Å². The standard InChI is InChI=1S/C26H22F11NO4S/c27-15-5-7-16(8-6-15)43(41,42)22-11-10-19(38-21(40)20(39)24(29,30)31)18(22)3-1-2-13-12-14(4-9-17(13)22)23(28,25(32,33)34)26(35,36)37/h4-9,12,18-20,39H,1-3,10-11H2,(H,38,40)/t18-,19+,20-,22+/m0/s1. The van der Waals surface area contributed by atoms with E-state index < -0.39 is 85.4 Å². The van der Waals surface area contributed by atoms with Crippen LogP contribution in [0.1, 0.15) is 42.4 Å². The molecule has 1 fully saturated rings. The highest BCUT2D eigenvalue weighted by molar-refractivity contribution is 7.92. The van der Waals surface area contributed by atoms with E-state index in [4.69, 9.17) is 0 Å². The molecule has 2 aliphatic rings. The molecular formula is C26H22F11NO4S. The Bertz CT molecular complexity index is 1470. The van der Waals surface area contributed by atoms with E-state index in [1.165, 1.54) is 0 Å². The summed E-state index contributed by atoms with van der Waals surface area (Å²) in [5.41, 5.74) is -8.38. The van der Waals surface area contributed by atoms with E-state index in [0.29, 0.717) is 6.07 Å². The zero-order valence-electron chi connectivity index (χ0n) is 21.5. The third-order valence-corrected chi connectivity index (χ3v) is 10.7. The predicted molar refractivity (Wildman–Crippen MR) is 126 cm³/mol. The molecule has 2 N–H and O–H groups in total. The number of alkyl halides is 10. The smallest absolute Gasteiger partial charge is 0.376 e. The van der Waals surface area contributed by atoms with Crippen LogP contribution in [0.2, 0.25) is 0 Å². The third-order valence-electron chi connectivity index (χ3n) is 8.10.